The second kappa shape index (κ2) is 4.93. The molecule has 0 saturated heterocycles. The molecule has 1 aromatic carbocycles. The summed E-state index contributed by atoms with van der Waals surface area (Å²) in [7, 11) is 0. The highest BCUT2D eigenvalue weighted by molar-refractivity contribution is 5.39. The van der Waals surface area contributed by atoms with Gasteiger partial charge in [0.2, 0.25) is 0 Å². The van der Waals surface area contributed by atoms with E-state index in [0.717, 1.165) is 17.9 Å². The lowest BCUT2D eigenvalue weighted by Crippen LogP contribution is -2.16. The van der Waals surface area contributed by atoms with Gasteiger partial charge in [-0.1, -0.05) is 36.3 Å². The SMILES string of the molecule is C#CC(C)(C)c1c(C)nn(Cc2ccccc2)c1C. The van der Waals surface area contributed by atoms with Crippen LogP contribution in [0.25, 0.3) is 0 Å². The second-order valence-corrected chi connectivity index (χ2v) is 5.46. The zero-order chi connectivity index (χ0) is 14.0. The molecule has 0 unspecified atom stereocenters. The Bertz CT molecular complexity index is 613. The van der Waals surface area contributed by atoms with Crippen molar-refractivity contribution in [2.24, 2.45) is 0 Å². The largest absolute Gasteiger partial charge is 0.265 e. The molecule has 2 aromatic rings. The van der Waals surface area contributed by atoms with Crippen LogP contribution in [0, 0.1) is 26.2 Å². The van der Waals surface area contributed by atoms with E-state index in [-0.39, 0.29) is 5.41 Å². The fourth-order valence-corrected chi connectivity index (χ4v) is 2.58. The summed E-state index contributed by atoms with van der Waals surface area (Å²) >= 11 is 0. The van der Waals surface area contributed by atoms with Gasteiger partial charge >= 0.3 is 0 Å². The molecular weight excluding hydrogens is 232 g/mol. The Hall–Kier alpha value is -2.01. The maximum absolute atomic E-state index is 5.65. The van der Waals surface area contributed by atoms with Gasteiger partial charge in [-0.25, -0.2) is 0 Å². The van der Waals surface area contributed by atoms with Gasteiger partial charge in [-0.15, -0.1) is 6.42 Å². The van der Waals surface area contributed by atoms with E-state index in [9.17, 15) is 0 Å². The number of aryl methyl sites for hydroxylation is 1. The van der Waals surface area contributed by atoms with Crippen LogP contribution < -0.4 is 0 Å². The van der Waals surface area contributed by atoms with Crippen LogP contribution in [0.15, 0.2) is 30.3 Å². The zero-order valence-corrected chi connectivity index (χ0v) is 12.1. The summed E-state index contributed by atoms with van der Waals surface area (Å²) in [6.07, 6.45) is 5.65. The molecule has 0 spiro atoms. The Balaban J connectivity index is 2.41. The van der Waals surface area contributed by atoms with Crippen LogP contribution in [0.1, 0.15) is 36.4 Å². The first-order chi connectivity index (χ1) is 8.95. The number of rotatable bonds is 3. The fraction of sp³-hybridized carbons (Fsp3) is 0.353. The summed E-state index contributed by atoms with van der Waals surface area (Å²) in [6, 6.07) is 10.4. The third-order valence-corrected chi connectivity index (χ3v) is 3.54. The highest BCUT2D eigenvalue weighted by Gasteiger charge is 2.25. The van der Waals surface area contributed by atoms with Crippen LogP contribution in [-0.4, -0.2) is 9.78 Å². The molecule has 2 heteroatoms. The molecule has 0 atom stereocenters. The van der Waals surface area contributed by atoms with E-state index in [1.165, 1.54) is 11.1 Å². The molecule has 0 aliphatic heterocycles. The smallest absolute Gasteiger partial charge is 0.0662 e. The van der Waals surface area contributed by atoms with Crippen molar-refractivity contribution in [3.05, 3.63) is 52.8 Å². The topological polar surface area (TPSA) is 17.8 Å². The molecule has 0 saturated carbocycles. The van der Waals surface area contributed by atoms with Crippen LogP contribution in [0.2, 0.25) is 0 Å². The molecule has 0 aliphatic rings. The highest BCUT2D eigenvalue weighted by Crippen LogP contribution is 2.28. The third kappa shape index (κ3) is 2.56. The molecule has 0 bridgehead atoms. The molecule has 1 heterocycles. The van der Waals surface area contributed by atoms with Crippen molar-refractivity contribution in [2.75, 3.05) is 0 Å². The Morgan fingerprint density at radius 1 is 1.21 bits per heavy atom. The van der Waals surface area contributed by atoms with E-state index >= 15 is 0 Å². The molecule has 2 nitrogen and oxygen atoms in total. The van der Waals surface area contributed by atoms with E-state index in [2.05, 4.69) is 43.9 Å². The first-order valence-corrected chi connectivity index (χ1v) is 6.52. The highest BCUT2D eigenvalue weighted by atomic mass is 15.3. The van der Waals surface area contributed by atoms with Crippen LogP contribution in [0.3, 0.4) is 0 Å². The third-order valence-electron chi connectivity index (χ3n) is 3.54. The van der Waals surface area contributed by atoms with Gasteiger partial charge in [0, 0.05) is 11.3 Å². The van der Waals surface area contributed by atoms with Crippen LogP contribution in [0.5, 0.6) is 0 Å². The summed E-state index contributed by atoms with van der Waals surface area (Å²) in [4.78, 5) is 0. The quantitative estimate of drug-likeness (QED) is 0.765. The van der Waals surface area contributed by atoms with Gasteiger partial charge in [0.05, 0.1) is 17.7 Å². The maximum atomic E-state index is 5.65. The van der Waals surface area contributed by atoms with E-state index in [1.54, 1.807) is 0 Å². The number of hydrogen-bond donors (Lipinski definition) is 0. The minimum absolute atomic E-state index is 0.275. The van der Waals surface area contributed by atoms with Crippen LogP contribution in [-0.2, 0) is 12.0 Å². The summed E-state index contributed by atoms with van der Waals surface area (Å²) in [5.41, 5.74) is 4.33. The predicted molar refractivity (Wildman–Crippen MR) is 79.1 cm³/mol. The number of benzene rings is 1. The lowest BCUT2D eigenvalue weighted by atomic mass is 9.84. The van der Waals surface area contributed by atoms with Crippen molar-refractivity contribution < 1.29 is 0 Å². The van der Waals surface area contributed by atoms with Crippen molar-refractivity contribution in [1.82, 2.24) is 9.78 Å². The van der Waals surface area contributed by atoms with Crippen molar-refractivity contribution in [2.45, 2.75) is 39.7 Å². The van der Waals surface area contributed by atoms with Gasteiger partial charge in [-0.3, -0.25) is 4.68 Å². The Morgan fingerprint density at radius 3 is 2.42 bits per heavy atom. The number of terminal acetylenes is 1. The first-order valence-electron chi connectivity index (χ1n) is 6.52. The second-order valence-electron chi connectivity index (χ2n) is 5.46. The fourth-order valence-electron chi connectivity index (χ4n) is 2.58. The normalized spacial score (nSPS) is 11.3. The molecule has 98 valence electrons. The molecule has 0 aliphatic carbocycles. The van der Waals surface area contributed by atoms with Crippen LogP contribution >= 0.6 is 0 Å². The molecule has 0 radical (unpaired) electrons. The van der Waals surface area contributed by atoms with E-state index < -0.39 is 0 Å². The zero-order valence-electron chi connectivity index (χ0n) is 12.1. The molecule has 19 heavy (non-hydrogen) atoms. The van der Waals surface area contributed by atoms with Crippen molar-refractivity contribution in [3.8, 4) is 12.3 Å². The molecule has 0 N–H and O–H groups in total. The molecule has 2 rings (SSSR count). The first kappa shape index (κ1) is 13.4. The monoisotopic (exact) mass is 252 g/mol. The standard InChI is InChI=1S/C17H20N2/c1-6-17(4,5)16-13(2)18-19(14(16)3)12-15-10-8-7-9-11-15/h1,7-11H,12H2,2-5H3. The lowest BCUT2D eigenvalue weighted by molar-refractivity contribution is 0.648. The Kier molecular flexibility index (Phi) is 3.48. The van der Waals surface area contributed by atoms with Crippen molar-refractivity contribution in [1.29, 1.82) is 0 Å². The van der Waals surface area contributed by atoms with Gasteiger partial charge in [-0.05, 0) is 33.3 Å². The Labute approximate surface area is 115 Å². The van der Waals surface area contributed by atoms with Gasteiger partial charge in [0.1, 0.15) is 0 Å². The lowest BCUT2D eigenvalue weighted by Gasteiger charge is -2.18. The van der Waals surface area contributed by atoms with E-state index in [0.29, 0.717) is 0 Å². The molecule has 0 amide bonds. The average Bonchev–Trinajstić information content (AvgIpc) is 2.66. The molecule has 0 fully saturated rings. The summed E-state index contributed by atoms with van der Waals surface area (Å²) in [5.74, 6) is 2.86. The van der Waals surface area contributed by atoms with Gasteiger partial charge in [0.25, 0.3) is 0 Å². The summed E-state index contributed by atoms with van der Waals surface area (Å²) < 4.78 is 2.04. The number of nitrogens with zero attached hydrogens (tertiary/aromatic N) is 2. The molecular formula is C17H20N2. The van der Waals surface area contributed by atoms with E-state index in [4.69, 9.17) is 6.42 Å². The maximum Gasteiger partial charge on any atom is 0.0662 e. The Morgan fingerprint density at radius 2 is 1.84 bits per heavy atom. The predicted octanol–water partition coefficient (Wildman–Crippen LogP) is 3.46. The van der Waals surface area contributed by atoms with Crippen molar-refractivity contribution >= 4 is 0 Å². The van der Waals surface area contributed by atoms with E-state index in [1.807, 2.05) is 29.8 Å². The van der Waals surface area contributed by atoms with Crippen LogP contribution in [0.4, 0.5) is 0 Å². The minimum atomic E-state index is -0.275. The van der Waals surface area contributed by atoms with Gasteiger partial charge in [-0.2, -0.15) is 5.10 Å². The molecule has 1 aromatic heterocycles. The van der Waals surface area contributed by atoms with Gasteiger partial charge in [0.15, 0.2) is 0 Å². The minimum Gasteiger partial charge on any atom is -0.265 e. The number of aromatic nitrogens is 2. The average molecular weight is 252 g/mol. The van der Waals surface area contributed by atoms with Gasteiger partial charge < -0.3 is 0 Å². The van der Waals surface area contributed by atoms with Crippen molar-refractivity contribution in [3.63, 3.8) is 0 Å². The number of hydrogen-bond acceptors (Lipinski definition) is 1. The summed E-state index contributed by atoms with van der Waals surface area (Å²) in [6.45, 7) is 9.04. The summed E-state index contributed by atoms with van der Waals surface area (Å²) in [5, 5.41) is 4.64.